The lowest BCUT2D eigenvalue weighted by Gasteiger charge is -2.06. The van der Waals surface area contributed by atoms with Crippen LogP contribution in [0.1, 0.15) is 13.8 Å². The average Bonchev–Trinajstić information content (AvgIpc) is 1.63. The van der Waals surface area contributed by atoms with Gasteiger partial charge in [0.2, 0.25) is 0 Å². The third-order valence-electron chi connectivity index (χ3n) is 0.530. The Kier molecular flexibility index (Phi) is 3.77. The molecule has 0 bridgehead atoms. The Balaban J connectivity index is 3.51. The number of ether oxygens (including phenoxy) is 1. The first-order chi connectivity index (χ1) is 4.04. The molecule has 0 rings (SSSR count). The Labute approximate surface area is 61.5 Å². The Morgan fingerprint density at radius 1 is 1.67 bits per heavy atom. The van der Waals surface area contributed by atoms with Crippen LogP contribution in [0.2, 0.25) is 0 Å². The van der Waals surface area contributed by atoms with E-state index in [-0.39, 0.29) is 6.10 Å². The SMILES string of the molecule is CC(C)OC(=O)[C@H](F)Br. The van der Waals surface area contributed by atoms with Gasteiger partial charge in [-0.05, 0) is 29.8 Å². The van der Waals surface area contributed by atoms with Crippen LogP contribution >= 0.6 is 15.9 Å². The van der Waals surface area contributed by atoms with Gasteiger partial charge < -0.3 is 4.74 Å². The van der Waals surface area contributed by atoms with E-state index in [1.54, 1.807) is 13.8 Å². The largest absolute Gasteiger partial charge is 0.460 e. The second-order valence-electron chi connectivity index (χ2n) is 1.79. The smallest absolute Gasteiger partial charge is 0.352 e. The second-order valence-corrected chi connectivity index (χ2v) is 2.59. The van der Waals surface area contributed by atoms with Crippen molar-refractivity contribution in [1.29, 1.82) is 0 Å². The highest BCUT2D eigenvalue weighted by Crippen LogP contribution is 2.04. The molecule has 54 valence electrons. The second kappa shape index (κ2) is 3.82. The van der Waals surface area contributed by atoms with Gasteiger partial charge in [0.1, 0.15) is 0 Å². The van der Waals surface area contributed by atoms with Gasteiger partial charge in [0.15, 0.2) is 0 Å². The molecule has 0 aliphatic carbocycles. The number of hydrogen-bond donors (Lipinski definition) is 0. The van der Waals surface area contributed by atoms with E-state index in [0.717, 1.165) is 0 Å². The lowest BCUT2D eigenvalue weighted by molar-refractivity contribution is -0.149. The van der Waals surface area contributed by atoms with Gasteiger partial charge in [-0.3, -0.25) is 0 Å². The molecule has 0 aliphatic rings. The molecule has 0 N–H and O–H groups in total. The fourth-order valence-electron chi connectivity index (χ4n) is 0.284. The van der Waals surface area contributed by atoms with E-state index < -0.39 is 11.1 Å². The van der Waals surface area contributed by atoms with Crippen molar-refractivity contribution in [1.82, 2.24) is 0 Å². The molecular weight excluding hydrogens is 191 g/mol. The van der Waals surface area contributed by atoms with Gasteiger partial charge in [0.05, 0.1) is 6.10 Å². The molecule has 0 fully saturated rings. The zero-order valence-corrected chi connectivity index (χ0v) is 6.81. The van der Waals surface area contributed by atoms with Gasteiger partial charge >= 0.3 is 5.97 Å². The molecular formula is C5H8BrFO2. The summed E-state index contributed by atoms with van der Waals surface area (Å²) in [5.41, 5.74) is 0. The molecule has 0 unspecified atom stereocenters. The van der Waals surface area contributed by atoms with Crippen molar-refractivity contribution in [2.45, 2.75) is 25.0 Å². The molecule has 0 radical (unpaired) electrons. The quantitative estimate of drug-likeness (QED) is 0.499. The van der Waals surface area contributed by atoms with E-state index >= 15 is 0 Å². The van der Waals surface area contributed by atoms with Gasteiger partial charge in [-0.15, -0.1) is 0 Å². The summed E-state index contributed by atoms with van der Waals surface area (Å²) < 4.78 is 16.3. The molecule has 0 aromatic rings. The highest BCUT2D eigenvalue weighted by Gasteiger charge is 2.14. The topological polar surface area (TPSA) is 26.3 Å². The molecule has 0 aromatic carbocycles. The van der Waals surface area contributed by atoms with Crippen LogP contribution in [0.15, 0.2) is 0 Å². The average molecular weight is 199 g/mol. The van der Waals surface area contributed by atoms with E-state index in [1.807, 2.05) is 0 Å². The predicted octanol–water partition coefficient (Wildman–Crippen LogP) is 1.63. The number of halogens is 2. The summed E-state index contributed by atoms with van der Waals surface area (Å²) in [6, 6.07) is 0. The van der Waals surface area contributed by atoms with Crippen molar-refractivity contribution in [3.8, 4) is 0 Å². The number of hydrogen-bond acceptors (Lipinski definition) is 2. The summed E-state index contributed by atoms with van der Waals surface area (Å²) in [5, 5.41) is -1.69. The van der Waals surface area contributed by atoms with Crippen molar-refractivity contribution in [2.75, 3.05) is 0 Å². The molecule has 4 heteroatoms. The monoisotopic (exact) mass is 198 g/mol. The minimum Gasteiger partial charge on any atom is -0.460 e. The van der Waals surface area contributed by atoms with Crippen LogP contribution in [0.25, 0.3) is 0 Å². The fraction of sp³-hybridized carbons (Fsp3) is 0.800. The summed E-state index contributed by atoms with van der Waals surface area (Å²) in [6.07, 6.45) is -0.256. The van der Waals surface area contributed by atoms with Gasteiger partial charge in [-0.1, -0.05) is 0 Å². The number of carbonyl (C=O) groups is 1. The van der Waals surface area contributed by atoms with Crippen molar-refractivity contribution in [3.63, 3.8) is 0 Å². The lowest BCUT2D eigenvalue weighted by atomic mass is 10.5. The first-order valence-corrected chi connectivity index (χ1v) is 3.44. The van der Waals surface area contributed by atoms with Crippen LogP contribution in [-0.2, 0) is 9.53 Å². The van der Waals surface area contributed by atoms with Gasteiger partial charge in [0.25, 0.3) is 5.08 Å². The maximum atomic E-state index is 11.9. The summed E-state index contributed by atoms with van der Waals surface area (Å²) >= 11 is 2.43. The van der Waals surface area contributed by atoms with Gasteiger partial charge in [-0.25, -0.2) is 9.18 Å². The molecule has 9 heavy (non-hydrogen) atoms. The number of rotatable bonds is 2. The van der Waals surface area contributed by atoms with Crippen LogP contribution in [0, 0.1) is 0 Å². The Morgan fingerprint density at radius 2 is 2.11 bits per heavy atom. The standard InChI is InChI=1S/C5H8BrFO2/c1-3(2)9-5(8)4(6)7/h3-4H,1-2H3/t4-/m0/s1. The van der Waals surface area contributed by atoms with Crippen LogP contribution in [0.5, 0.6) is 0 Å². The van der Waals surface area contributed by atoms with Crippen LogP contribution < -0.4 is 0 Å². The molecule has 0 heterocycles. The van der Waals surface area contributed by atoms with E-state index in [0.29, 0.717) is 0 Å². The van der Waals surface area contributed by atoms with Crippen LogP contribution in [0.4, 0.5) is 4.39 Å². The molecule has 0 saturated carbocycles. The summed E-state index contributed by atoms with van der Waals surface area (Å²) in [6.45, 7) is 3.32. The number of esters is 1. The minimum atomic E-state index is -1.69. The first-order valence-electron chi connectivity index (χ1n) is 2.52. The Morgan fingerprint density at radius 3 is 2.22 bits per heavy atom. The first kappa shape index (κ1) is 8.88. The van der Waals surface area contributed by atoms with E-state index in [4.69, 9.17) is 0 Å². The van der Waals surface area contributed by atoms with Crippen molar-refractivity contribution >= 4 is 21.9 Å². The van der Waals surface area contributed by atoms with E-state index in [1.165, 1.54) is 0 Å². The third kappa shape index (κ3) is 4.39. The molecule has 0 aliphatic heterocycles. The van der Waals surface area contributed by atoms with Crippen molar-refractivity contribution in [2.24, 2.45) is 0 Å². The fourth-order valence-corrected chi connectivity index (χ4v) is 0.392. The maximum Gasteiger partial charge on any atom is 0.352 e. The van der Waals surface area contributed by atoms with Crippen molar-refractivity contribution in [3.05, 3.63) is 0 Å². The normalized spacial score (nSPS) is 13.4. The molecule has 2 nitrogen and oxygen atoms in total. The molecule has 0 aromatic heterocycles. The lowest BCUT2D eigenvalue weighted by Crippen LogP contribution is -2.17. The molecule has 0 saturated heterocycles. The van der Waals surface area contributed by atoms with Crippen LogP contribution in [0.3, 0.4) is 0 Å². The van der Waals surface area contributed by atoms with Crippen LogP contribution in [-0.4, -0.2) is 17.2 Å². The number of alkyl halides is 2. The zero-order chi connectivity index (χ0) is 7.44. The molecule has 0 spiro atoms. The highest BCUT2D eigenvalue weighted by molar-refractivity contribution is 9.09. The van der Waals surface area contributed by atoms with Gasteiger partial charge in [0, 0.05) is 0 Å². The Bertz CT molecular complexity index is 103. The van der Waals surface area contributed by atoms with E-state index in [2.05, 4.69) is 20.7 Å². The summed E-state index contributed by atoms with van der Waals surface area (Å²) in [4.78, 5) is 10.3. The summed E-state index contributed by atoms with van der Waals surface area (Å²) in [7, 11) is 0. The van der Waals surface area contributed by atoms with Crippen molar-refractivity contribution < 1.29 is 13.9 Å². The van der Waals surface area contributed by atoms with Gasteiger partial charge in [-0.2, -0.15) is 0 Å². The predicted molar refractivity (Wildman–Crippen MR) is 35.1 cm³/mol. The molecule has 1 atom stereocenters. The maximum absolute atomic E-state index is 11.9. The molecule has 0 amide bonds. The third-order valence-corrected chi connectivity index (χ3v) is 0.904. The van der Waals surface area contributed by atoms with E-state index in [9.17, 15) is 9.18 Å². The highest BCUT2D eigenvalue weighted by atomic mass is 79.9. The Hall–Kier alpha value is -0.120. The minimum absolute atomic E-state index is 0.256. The summed E-state index contributed by atoms with van der Waals surface area (Å²) in [5.74, 6) is -0.870. The zero-order valence-electron chi connectivity index (χ0n) is 5.23. The number of carbonyl (C=O) groups excluding carboxylic acids is 1.